The largest absolute Gasteiger partial charge is 0.496 e. The highest BCUT2D eigenvalue weighted by Crippen LogP contribution is 2.38. The van der Waals surface area contributed by atoms with Crippen molar-refractivity contribution in [2.75, 3.05) is 7.11 Å². The topological polar surface area (TPSA) is 29.5 Å². The van der Waals surface area contributed by atoms with E-state index >= 15 is 0 Å². The SMILES string of the molecule is COc1cccc(F)c1C(O)C1CCCCC1. The monoisotopic (exact) mass is 238 g/mol. The van der Waals surface area contributed by atoms with Gasteiger partial charge >= 0.3 is 0 Å². The summed E-state index contributed by atoms with van der Waals surface area (Å²) < 4.78 is 18.9. The Kier molecular flexibility index (Phi) is 4.00. The minimum absolute atomic E-state index is 0.162. The Labute approximate surface area is 101 Å². The maximum absolute atomic E-state index is 13.8. The molecule has 2 rings (SSSR count). The summed E-state index contributed by atoms with van der Waals surface area (Å²) in [6.07, 6.45) is 4.66. The van der Waals surface area contributed by atoms with Gasteiger partial charge in [0, 0.05) is 0 Å². The van der Waals surface area contributed by atoms with Crippen molar-refractivity contribution in [2.45, 2.75) is 38.2 Å². The van der Waals surface area contributed by atoms with Crippen molar-refractivity contribution < 1.29 is 14.2 Å². The van der Waals surface area contributed by atoms with Crippen molar-refractivity contribution in [3.63, 3.8) is 0 Å². The van der Waals surface area contributed by atoms with Gasteiger partial charge in [-0.15, -0.1) is 0 Å². The van der Waals surface area contributed by atoms with Gasteiger partial charge in [0.25, 0.3) is 0 Å². The lowest BCUT2D eigenvalue weighted by Crippen LogP contribution is -2.17. The Hall–Kier alpha value is -1.09. The number of methoxy groups -OCH3 is 1. The van der Waals surface area contributed by atoms with Crippen LogP contribution in [0.1, 0.15) is 43.8 Å². The van der Waals surface area contributed by atoms with E-state index in [1.807, 2.05) is 0 Å². The summed E-state index contributed by atoms with van der Waals surface area (Å²) >= 11 is 0. The quantitative estimate of drug-likeness (QED) is 0.874. The second-order valence-electron chi connectivity index (χ2n) is 4.70. The Bertz CT molecular complexity index is 372. The highest BCUT2D eigenvalue weighted by Gasteiger charge is 2.27. The first-order valence-electron chi connectivity index (χ1n) is 6.24. The average molecular weight is 238 g/mol. The summed E-state index contributed by atoms with van der Waals surface area (Å²) in [4.78, 5) is 0. The first-order valence-corrected chi connectivity index (χ1v) is 6.24. The standard InChI is InChI=1S/C14H19FO2/c1-17-12-9-5-8-11(15)13(12)14(16)10-6-3-2-4-7-10/h5,8-10,14,16H,2-4,6-7H2,1H3. The third-order valence-electron chi connectivity index (χ3n) is 3.62. The third-order valence-corrected chi connectivity index (χ3v) is 3.62. The van der Waals surface area contributed by atoms with E-state index in [1.165, 1.54) is 19.6 Å². The maximum Gasteiger partial charge on any atom is 0.132 e. The van der Waals surface area contributed by atoms with Crippen LogP contribution in [-0.4, -0.2) is 12.2 Å². The molecule has 0 radical (unpaired) electrons. The molecule has 0 saturated heterocycles. The van der Waals surface area contributed by atoms with Crippen molar-refractivity contribution in [3.05, 3.63) is 29.6 Å². The van der Waals surface area contributed by atoms with Gasteiger partial charge in [-0.1, -0.05) is 25.3 Å². The smallest absolute Gasteiger partial charge is 0.132 e. The molecule has 0 heterocycles. The van der Waals surface area contributed by atoms with Crippen LogP contribution in [0.2, 0.25) is 0 Å². The van der Waals surface area contributed by atoms with E-state index in [-0.39, 0.29) is 11.7 Å². The van der Waals surface area contributed by atoms with Crippen LogP contribution in [0.4, 0.5) is 4.39 Å². The molecule has 1 aromatic carbocycles. The van der Waals surface area contributed by atoms with E-state index < -0.39 is 6.10 Å². The Morgan fingerprint density at radius 3 is 2.65 bits per heavy atom. The number of ether oxygens (including phenoxy) is 1. The molecule has 1 atom stereocenters. The first kappa shape index (κ1) is 12.4. The van der Waals surface area contributed by atoms with Crippen LogP contribution >= 0.6 is 0 Å². The Balaban J connectivity index is 2.25. The molecule has 0 amide bonds. The molecule has 0 bridgehead atoms. The molecule has 0 spiro atoms. The minimum atomic E-state index is -0.744. The Morgan fingerprint density at radius 2 is 2.00 bits per heavy atom. The minimum Gasteiger partial charge on any atom is -0.496 e. The molecule has 1 aliphatic carbocycles. The van der Waals surface area contributed by atoms with Crippen LogP contribution < -0.4 is 4.74 Å². The molecule has 3 heteroatoms. The van der Waals surface area contributed by atoms with Gasteiger partial charge in [-0.05, 0) is 30.9 Å². The second kappa shape index (κ2) is 5.50. The summed E-state index contributed by atoms with van der Waals surface area (Å²) in [6.45, 7) is 0. The van der Waals surface area contributed by atoms with Crippen molar-refractivity contribution in [1.82, 2.24) is 0 Å². The number of hydrogen-bond donors (Lipinski definition) is 1. The second-order valence-corrected chi connectivity index (χ2v) is 4.70. The van der Waals surface area contributed by atoms with Gasteiger partial charge in [-0.25, -0.2) is 4.39 Å². The Morgan fingerprint density at radius 1 is 1.29 bits per heavy atom. The highest BCUT2D eigenvalue weighted by molar-refractivity contribution is 5.36. The zero-order chi connectivity index (χ0) is 12.3. The van der Waals surface area contributed by atoms with Crippen LogP contribution in [0.25, 0.3) is 0 Å². The fraction of sp³-hybridized carbons (Fsp3) is 0.571. The fourth-order valence-electron chi connectivity index (χ4n) is 2.67. The van der Waals surface area contributed by atoms with E-state index in [9.17, 15) is 9.50 Å². The normalized spacial score (nSPS) is 19.0. The van der Waals surface area contributed by atoms with E-state index in [1.54, 1.807) is 12.1 Å². The van der Waals surface area contributed by atoms with Crippen LogP contribution in [0.3, 0.4) is 0 Å². The van der Waals surface area contributed by atoms with Crippen LogP contribution in [0.5, 0.6) is 5.75 Å². The van der Waals surface area contributed by atoms with Gasteiger partial charge in [0.05, 0.1) is 18.8 Å². The van der Waals surface area contributed by atoms with Crippen molar-refractivity contribution in [2.24, 2.45) is 5.92 Å². The lowest BCUT2D eigenvalue weighted by atomic mass is 9.82. The van der Waals surface area contributed by atoms with Crippen molar-refractivity contribution in [1.29, 1.82) is 0 Å². The van der Waals surface area contributed by atoms with Gasteiger partial charge in [0.2, 0.25) is 0 Å². The van der Waals surface area contributed by atoms with Crippen molar-refractivity contribution in [3.8, 4) is 5.75 Å². The van der Waals surface area contributed by atoms with Crippen LogP contribution in [0.15, 0.2) is 18.2 Å². The van der Waals surface area contributed by atoms with Gasteiger partial charge in [-0.2, -0.15) is 0 Å². The van der Waals surface area contributed by atoms with Gasteiger partial charge in [0.15, 0.2) is 0 Å². The number of rotatable bonds is 3. The van der Waals surface area contributed by atoms with Crippen LogP contribution in [0, 0.1) is 11.7 Å². The number of halogens is 1. The predicted octanol–water partition coefficient (Wildman–Crippen LogP) is 3.45. The third kappa shape index (κ3) is 2.60. The van der Waals surface area contributed by atoms with Gasteiger partial charge in [-0.3, -0.25) is 0 Å². The number of hydrogen-bond acceptors (Lipinski definition) is 2. The van der Waals surface area contributed by atoms with E-state index in [0.717, 1.165) is 25.7 Å². The average Bonchev–Trinajstić information content (AvgIpc) is 2.38. The van der Waals surface area contributed by atoms with Crippen molar-refractivity contribution >= 4 is 0 Å². The first-order chi connectivity index (χ1) is 8.24. The van der Waals surface area contributed by atoms with Gasteiger partial charge in [0.1, 0.15) is 11.6 Å². The molecular formula is C14H19FO2. The maximum atomic E-state index is 13.8. The molecular weight excluding hydrogens is 219 g/mol. The highest BCUT2D eigenvalue weighted by atomic mass is 19.1. The molecule has 1 unspecified atom stereocenters. The molecule has 2 nitrogen and oxygen atoms in total. The zero-order valence-corrected chi connectivity index (χ0v) is 10.2. The molecule has 1 N–H and O–H groups in total. The summed E-state index contributed by atoms with van der Waals surface area (Å²) in [7, 11) is 1.51. The molecule has 1 aliphatic rings. The van der Waals surface area contributed by atoms with E-state index in [0.29, 0.717) is 11.3 Å². The molecule has 0 aromatic heterocycles. The lowest BCUT2D eigenvalue weighted by Gasteiger charge is -2.27. The lowest BCUT2D eigenvalue weighted by molar-refractivity contribution is 0.0791. The fourth-order valence-corrected chi connectivity index (χ4v) is 2.67. The number of aliphatic hydroxyl groups is 1. The van der Waals surface area contributed by atoms with Crippen LogP contribution in [-0.2, 0) is 0 Å². The molecule has 1 saturated carbocycles. The molecule has 1 aromatic rings. The zero-order valence-electron chi connectivity index (χ0n) is 10.2. The predicted molar refractivity (Wildman–Crippen MR) is 64.5 cm³/mol. The van der Waals surface area contributed by atoms with E-state index in [4.69, 9.17) is 4.74 Å². The number of benzene rings is 1. The molecule has 94 valence electrons. The summed E-state index contributed by atoms with van der Waals surface area (Å²) in [6, 6.07) is 4.68. The molecule has 1 fully saturated rings. The van der Waals surface area contributed by atoms with E-state index in [2.05, 4.69) is 0 Å². The molecule has 17 heavy (non-hydrogen) atoms. The van der Waals surface area contributed by atoms with Gasteiger partial charge < -0.3 is 9.84 Å². The summed E-state index contributed by atoms with van der Waals surface area (Å²) in [5.74, 6) is 0.236. The summed E-state index contributed by atoms with van der Waals surface area (Å²) in [5, 5.41) is 10.3. The molecule has 0 aliphatic heterocycles. The number of aliphatic hydroxyl groups excluding tert-OH is 1. The summed E-state index contributed by atoms with van der Waals surface area (Å²) in [5.41, 5.74) is 0.321.